The molecule has 3 nitrogen and oxygen atoms in total. The second-order valence-electron chi connectivity index (χ2n) is 5.44. The first-order chi connectivity index (χ1) is 10.1. The molecule has 1 aromatic rings. The minimum Gasteiger partial charge on any atom is -0.490 e. The maximum atomic E-state index is 5.71. The summed E-state index contributed by atoms with van der Waals surface area (Å²) in [6, 6.07) is 6.22. The largest absolute Gasteiger partial charge is 0.490 e. The zero-order valence-corrected chi connectivity index (χ0v) is 15.7. The predicted molar refractivity (Wildman–Crippen MR) is 91.4 cm³/mol. The number of hydrogen-bond donors (Lipinski definition) is 0. The second kappa shape index (κ2) is 7.95. The molecule has 118 valence electrons. The molecule has 1 aliphatic rings. The van der Waals surface area contributed by atoms with E-state index in [0.717, 1.165) is 29.5 Å². The predicted octanol–water partition coefficient (Wildman–Crippen LogP) is 4.87. The van der Waals surface area contributed by atoms with Crippen LogP contribution < -0.4 is 4.74 Å². The summed E-state index contributed by atoms with van der Waals surface area (Å²) in [4.78, 5) is 0.294. The highest BCUT2D eigenvalue weighted by Gasteiger charge is 2.38. The van der Waals surface area contributed by atoms with Crippen molar-refractivity contribution in [3.8, 4) is 5.75 Å². The SMILES string of the molecule is COCCOc1ccc(C(Br)CC2(OC)CCC2)cc1Br. The molecule has 5 heteroatoms. The molecule has 0 radical (unpaired) electrons. The molecule has 0 heterocycles. The Balaban J connectivity index is 1.98. The number of benzene rings is 1. The molecule has 0 spiro atoms. The zero-order valence-electron chi connectivity index (χ0n) is 12.5. The fourth-order valence-corrected chi connectivity index (χ4v) is 3.96. The molecule has 1 aromatic carbocycles. The Morgan fingerprint density at radius 2 is 2.00 bits per heavy atom. The van der Waals surface area contributed by atoms with E-state index in [1.54, 1.807) is 7.11 Å². The Morgan fingerprint density at radius 3 is 2.52 bits per heavy atom. The highest BCUT2D eigenvalue weighted by molar-refractivity contribution is 9.10. The molecule has 0 aliphatic heterocycles. The van der Waals surface area contributed by atoms with E-state index in [1.807, 2.05) is 13.2 Å². The molecule has 2 rings (SSSR count). The molecule has 0 bridgehead atoms. The van der Waals surface area contributed by atoms with Crippen LogP contribution in [-0.2, 0) is 9.47 Å². The van der Waals surface area contributed by atoms with E-state index in [9.17, 15) is 0 Å². The molecule has 1 saturated carbocycles. The van der Waals surface area contributed by atoms with Crippen molar-refractivity contribution in [1.29, 1.82) is 0 Å². The summed E-state index contributed by atoms with van der Waals surface area (Å²) in [5, 5.41) is 0. The third kappa shape index (κ3) is 4.44. The third-order valence-corrected chi connectivity index (χ3v) is 5.58. The highest BCUT2D eigenvalue weighted by atomic mass is 79.9. The third-order valence-electron chi connectivity index (χ3n) is 4.11. The number of halogens is 2. The van der Waals surface area contributed by atoms with Gasteiger partial charge in [0.15, 0.2) is 0 Å². The van der Waals surface area contributed by atoms with Crippen LogP contribution in [0.2, 0.25) is 0 Å². The molecule has 1 fully saturated rings. The van der Waals surface area contributed by atoms with Crippen molar-refractivity contribution in [1.82, 2.24) is 0 Å². The molecule has 21 heavy (non-hydrogen) atoms. The fourth-order valence-electron chi connectivity index (χ4n) is 2.57. The minimum absolute atomic E-state index is 0.0638. The summed E-state index contributed by atoms with van der Waals surface area (Å²) in [5.41, 5.74) is 1.30. The van der Waals surface area contributed by atoms with Gasteiger partial charge in [-0.05, 0) is 59.3 Å². The average molecular weight is 422 g/mol. The Kier molecular flexibility index (Phi) is 6.53. The molecule has 0 amide bonds. The van der Waals surface area contributed by atoms with Gasteiger partial charge in [0.05, 0.1) is 16.7 Å². The number of ether oxygens (including phenoxy) is 3. The van der Waals surface area contributed by atoms with Crippen LogP contribution in [0.25, 0.3) is 0 Å². The van der Waals surface area contributed by atoms with Crippen molar-refractivity contribution in [2.45, 2.75) is 36.1 Å². The quantitative estimate of drug-likeness (QED) is 0.442. The normalized spacial score (nSPS) is 18.1. The molecule has 1 unspecified atom stereocenters. The minimum atomic E-state index is 0.0638. The lowest BCUT2D eigenvalue weighted by Crippen LogP contribution is -2.39. The van der Waals surface area contributed by atoms with Gasteiger partial charge in [0.2, 0.25) is 0 Å². The Bertz CT molecular complexity index is 455. The van der Waals surface area contributed by atoms with Gasteiger partial charge in [-0.15, -0.1) is 0 Å². The molecule has 0 aromatic heterocycles. The van der Waals surface area contributed by atoms with E-state index in [1.165, 1.54) is 12.0 Å². The summed E-state index contributed by atoms with van der Waals surface area (Å²) in [6.07, 6.45) is 4.58. The van der Waals surface area contributed by atoms with E-state index in [2.05, 4.69) is 44.0 Å². The summed E-state index contributed by atoms with van der Waals surface area (Å²) in [6.45, 7) is 1.14. The number of rotatable bonds is 8. The van der Waals surface area contributed by atoms with Crippen LogP contribution in [0.5, 0.6) is 5.75 Å². The molecule has 1 atom stereocenters. The summed E-state index contributed by atoms with van der Waals surface area (Å²) < 4.78 is 17.3. The fraction of sp³-hybridized carbons (Fsp3) is 0.625. The first-order valence-corrected chi connectivity index (χ1v) is 8.91. The van der Waals surface area contributed by atoms with E-state index < -0.39 is 0 Å². The van der Waals surface area contributed by atoms with Gasteiger partial charge in [-0.25, -0.2) is 0 Å². The van der Waals surface area contributed by atoms with Gasteiger partial charge in [-0.3, -0.25) is 0 Å². The lowest BCUT2D eigenvalue weighted by molar-refractivity contribution is -0.0773. The molecule has 0 saturated heterocycles. The summed E-state index contributed by atoms with van der Waals surface area (Å²) in [5.74, 6) is 0.848. The summed E-state index contributed by atoms with van der Waals surface area (Å²) in [7, 11) is 3.49. The Hall–Kier alpha value is -0.100. The zero-order chi connectivity index (χ0) is 15.3. The molecule has 0 N–H and O–H groups in total. The van der Waals surface area contributed by atoms with Gasteiger partial charge in [0, 0.05) is 19.0 Å². The van der Waals surface area contributed by atoms with Crippen LogP contribution in [0.4, 0.5) is 0 Å². The van der Waals surface area contributed by atoms with Crippen molar-refractivity contribution in [3.63, 3.8) is 0 Å². The van der Waals surface area contributed by atoms with Crippen LogP contribution in [0.3, 0.4) is 0 Å². The Morgan fingerprint density at radius 1 is 1.24 bits per heavy atom. The monoisotopic (exact) mass is 420 g/mol. The van der Waals surface area contributed by atoms with Gasteiger partial charge in [-0.2, -0.15) is 0 Å². The van der Waals surface area contributed by atoms with E-state index in [0.29, 0.717) is 18.0 Å². The van der Waals surface area contributed by atoms with Crippen LogP contribution in [0.1, 0.15) is 36.1 Å². The van der Waals surface area contributed by atoms with E-state index in [4.69, 9.17) is 14.2 Å². The van der Waals surface area contributed by atoms with E-state index >= 15 is 0 Å². The van der Waals surface area contributed by atoms with Crippen molar-refractivity contribution in [2.24, 2.45) is 0 Å². The summed E-state index contributed by atoms with van der Waals surface area (Å²) >= 11 is 7.38. The first-order valence-electron chi connectivity index (χ1n) is 7.20. The molecular weight excluding hydrogens is 400 g/mol. The average Bonchev–Trinajstić information content (AvgIpc) is 2.44. The first kappa shape index (κ1) is 17.3. The topological polar surface area (TPSA) is 27.7 Å². The maximum Gasteiger partial charge on any atom is 0.133 e. The van der Waals surface area contributed by atoms with Crippen LogP contribution in [0, 0.1) is 0 Å². The smallest absolute Gasteiger partial charge is 0.133 e. The van der Waals surface area contributed by atoms with Gasteiger partial charge >= 0.3 is 0 Å². The van der Waals surface area contributed by atoms with Gasteiger partial charge in [0.1, 0.15) is 12.4 Å². The van der Waals surface area contributed by atoms with Gasteiger partial charge in [0.25, 0.3) is 0 Å². The lowest BCUT2D eigenvalue weighted by Gasteiger charge is -2.42. The van der Waals surface area contributed by atoms with E-state index in [-0.39, 0.29) is 5.60 Å². The second-order valence-corrected chi connectivity index (χ2v) is 7.40. The Labute approximate surface area is 143 Å². The van der Waals surface area contributed by atoms with Crippen molar-refractivity contribution >= 4 is 31.9 Å². The maximum absolute atomic E-state index is 5.71. The highest BCUT2D eigenvalue weighted by Crippen LogP contribution is 2.45. The number of methoxy groups -OCH3 is 2. The molecule has 1 aliphatic carbocycles. The van der Waals surface area contributed by atoms with Crippen molar-refractivity contribution < 1.29 is 14.2 Å². The van der Waals surface area contributed by atoms with Crippen molar-refractivity contribution in [2.75, 3.05) is 27.4 Å². The van der Waals surface area contributed by atoms with Crippen LogP contribution >= 0.6 is 31.9 Å². The molecular formula is C16H22Br2O3. The number of hydrogen-bond acceptors (Lipinski definition) is 3. The van der Waals surface area contributed by atoms with Crippen LogP contribution in [0.15, 0.2) is 22.7 Å². The lowest BCUT2D eigenvalue weighted by atomic mass is 9.76. The standard InChI is InChI=1S/C16H22Br2O3/c1-19-8-9-21-15-5-4-12(10-13(15)17)14(18)11-16(20-2)6-3-7-16/h4-5,10,14H,3,6-9,11H2,1-2H3. The van der Waals surface area contributed by atoms with Crippen molar-refractivity contribution in [3.05, 3.63) is 28.2 Å². The van der Waals surface area contributed by atoms with Gasteiger partial charge in [-0.1, -0.05) is 22.0 Å². The van der Waals surface area contributed by atoms with Crippen LogP contribution in [-0.4, -0.2) is 33.0 Å². The number of alkyl halides is 1. The van der Waals surface area contributed by atoms with Gasteiger partial charge < -0.3 is 14.2 Å².